The molecular weight excluding hydrogens is 522 g/mol. The number of nitrogens with one attached hydrogen (secondary N) is 1. The van der Waals surface area contributed by atoms with Gasteiger partial charge in [0.15, 0.2) is 0 Å². The molecule has 0 spiro atoms. The highest BCUT2D eigenvalue weighted by atomic mass is 35.5. The second-order valence-corrected chi connectivity index (χ2v) is 12.0. The molecule has 0 aliphatic heterocycles. The molecule has 9 heteroatoms. The Bertz CT molecular complexity index is 1350. The van der Waals surface area contributed by atoms with Gasteiger partial charge in [0.2, 0.25) is 21.8 Å². The van der Waals surface area contributed by atoms with Gasteiger partial charge in [0.05, 0.1) is 11.9 Å². The summed E-state index contributed by atoms with van der Waals surface area (Å²) >= 11 is 6.12. The Morgan fingerprint density at radius 2 is 1.58 bits per heavy atom. The number of sulfonamides is 1. The molecule has 3 aromatic rings. The normalized spacial score (nSPS) is 12.2. The van der Waals surface area contributed by atoms with Gasteiger partial charge in [-0.25, -0.2) is 8.42 Å². The smallest absolute Gasteiger partial charge is 0.244 e. The molecule has 0 aliphatic carbocycles. The summed E-state index contributed by atoms with van der Waals surface area (Å²) in [6, 6.07) is 22.4. The fourth-order valence-electron chi connectivity index (χ4n) is 4.07. The van der Waals surface area contributed by atoms with E-state index in [1.54, 1.807) is 18.2 Å². The van der Waals surface area contributed by atoms with Crippen LogP contribution in [0.5, 0.6) is 0 Å². The van der Waals surface area contributed by atoms with Gasteiger partial charge in [0.1, 0.15) is 12.6 Å². The molecule has 1 N–H and O–H groups in total. The van der Waals surface area contributed by atoms with E-state index in [4.69, 9.17) is 11.6 Å². The minimum Gasteiger partial charge on any atom is -0.352 e. The topological polar surface area (TPSA) is 86.8 Å². The van der Waals surface area contributed by atoms with Crippen molar-refractivity contribution < 1.29 is 18.0 Å². The van der Waals surface area contributed by atoms with E-state index in [1.165, 1.54) is 11.0 Å². The number of hydrogen-bond acceptors (Lipinski definition) is 4. The van der Waals surface area contributed by atoms with E-state index in [0.29, 0.717) is 5.02 Å². The molecule has 0 saturated heterocycles. The predicted octanol–water partition coefficient (Wildman–Crippen LogP) is 4.58. The molecule has 0 unspecified atom stereocenters. The minimum absolute atomic E-state index is 0.134. The Labute approximate surface area is 230 Å². The van der Waals surface area contributed by atoms with Crippen LogP contribution in [0, 0.1) is 6.92 Å². The van der Waals surface area contributed by atoms with Crippen molar-refractivity contribution in [2.45, 2.75) is 45.8 Å². The van der Waals surface area contributed by atoms with Gasteiger partial charge < -0.3 is 10.2 Å². The Morgan fingerprint density at radius 3 is 2.16 bits per heavy atom. The van der Waals surface area contributed by atoms with E-state index in [1.807, 2.05) is 75.4 Å². The third-order valence-corrected chi connectivity index (χ3v) is 7.33. The maximum Gasteiger partial charge on any atom is 0.244 e. The lowest BCUT2D eigenvalue weighted by atomic mass is 10.0. The summed E-state index contributed by atoms with van der Waals surface area (Å²) in [7, 11) is -3.84. The van der Waals surface area contributed by atoms with E-state index >= 15 is 0 Å². The van der Waals surface area contributed by atoms with Crippen LogP contribution in [0.3, 0.4) is 0 Å². The van der Waals surface area contributed by atoms with Crippen molar-refractivity contribution in [3.63, 3.8) is 0 Å². The highest BCUT2D eigenvalue weighted by molar-refractivity contribution is 7.92. The van der Waals surface area contributed by atoms with Gasteiger partial charge in [-0.3, -0.25) is 13.9 Å². The summed E-state index contributed by atoms with van der Waals surface area (Å²) in [6.45, 7) is 5.33. The van der Waals surface area contributed by atoms with E-state index in [2.05, 4.69) is 5.32 Å². The number of anilines is 1. The fraction of sp³-hybridized carbons (Fsp3) is 0.310. The second-order valence-electron chi connectivity index (χ2n) is 9.63. The van der Waals surface area contributed by atoms with Gasteiger partial charge in [-0.1, -0.05) is 77.8 Å². The Balaban J connectivity index is 2.05. The summed E-state index contributed by atoms with van der Waals surface area (Å²) in [5, 5.41) is 3.28. The maximum atomic E-state index is 14.0. The highest BCUT2D eigenvalue weighted by Crippen LogP contribution is 2.23. The van der Waals surface area contributed by atoms with Crippen LogP contribution in [-0.2, 0) is 32.6 Å². The quantitative estimate of drug-likeness (QED) is 0.375. The Kier molecular flexibility index (Phi) is 9.94. The first-order valence-corrected chi connectivity index (χ1v) is 14.6. The van der Waals surface area contributed by atoms with Gasteiger partial charge in [-0.15, -0.1) is 0 Å². The van der Waals surface area contributed by atoms with E-state index in [9.17, 15) is 18.0 Å². The van der Waals surface area contributed by atoms with Crippen molar-refractivity contribution >= 4 is 39.1 Å². The van der Waals surface area contributed by atoms with Crippen molar-refractivity contribution in [3.8, 4) is 0 Å². The molecule has 3 aromatic carbocycles. The third-order valence-electron chi connectivity index (χ3n) is 5.95. The maximum absolute atomic E-state index is 14.0. The minimum atomic E-state index is -3.84. The molecule has 202 valence electrons. The van der Waals surface area contributed by atoms with Gasteiger partial charge in [-0.2, -0.15) is 0 Å². The molecule has 0 fully saturated rings. The lowest BCUT2D eigenvalue weighted by molar-refractivity contribution is -0.140. The van der Waals surface area contributed by atoms with Crippen molar-refractivity contribution in [1.29, 1.82) is 0 Å². The van der Waals surface area contributed by atoms with E-state index in [0.717, 1.165) is 27.3 Å². The van der Waals surface area contributed by atoms with Gasteiger partial charge in [-0.05, 0) is 50.1 Å². The first-order valence-electron chi connectivity index (χ1n) is 12.4. The summed E-state index contributed by atoms with van der Waals surface area (Å²) in [5.41, 5.74) is 3.05. The molecule has 0 bridgehead atoms. The zero-order chi connectivity index (χ0) is 27.9. The zero-order valence-corrected chi connectivity index (χ0v) is 23.7. The zero-order valence-electron chi connectivity index (χ0n) is 22.1. The van der Waals surface area contributed by atoms with Gasteiger partial charge in [0.25, 0.3) is 0 Å². The molecule has 2 amide bonds. The molecule has 0 radical (unpaired) electrons. The highest BCUT2D eigenvalue weighted by Gasteiger charge is 2.33. The molecular formula is C29H34ClN3O4S. The number of carbonyl (C=O) groups is 2. The summed E-state index contributed by atoms with van der Waals surface area (Å²) in [4.78, 5) is 28.9. The number of aryl methyl sites for hydroxylation is 1. The van der Waals surface area contributed by atoms with Gasteiger partial charge >= 0.3 is 0 Å². The second kappa shape index (κ2) is 12.9. The molecule has 1 atom stereocenters. The van der Waals surface area contributed by atoms with Crippen LogP contribution in [-0.4, -0.2) is 50.0 Å². The largest absolute Gasteiger partial charge is 0.352 e. The molecule has 38 heavy (non-hydrogen) atoms. The lowest BCUT2D eigenvalue weighted by Gasteiger charge is -2.34. The molecule has 0 aliphatic rings. The number of hydrogen-bond donors (Lipinski definition) is 1. The number of rotatable bonds is 11. The van der Waals surface area contributed by atoms with E-state index < -0.39 is 28.5 Å². The standard InChI is InChI=1S/C29H34ClN3O4S/c1-21(2)31-29(35)27(17-23-9-6-5-7-10-23)32(19-24-15-13-22(3)14-16-24)28(34)20-33(38(4,36)37)26-12-8-11-25(30)18-26/h5-16,18,21,27H,17,19-20H2,1-4H3,(H,31,35)/t27-/m0/s1. The van der Waals surface area contributed by atoms with E-state index in [-0.39, 0.29) is 30.6 Å². The van der Waals surface area contributed by atoms with Crippen molar-refractivity contribution in [2.24, 2.45) is 0 Å². The number of benzene rings is 3. The Hall–Kier alpha value is -3.36. The first-order chi connectivity index (χ1) is 17.9. The lowest BCUT2D eigenvalue weighted by Crippen LogP contribution is -2.54. The van der Waals surface area contributed by atoms with Crippen LogP contribution in [0.1, 0.15) is 30.5 Å². The van der Waals surface area contributed by atoms with Crippen LogP contribution in [0.15, 0.2) is 78.9 Å². The summed E-state index contributed by atoms with van der Waals surface area (Å²) in [6.07, 6.45) is 1.31. The van der Waals surface area contributed by atoms with Crippen LogP contribution in [0.2, 0.25) is 5.02 Å². The van der Waals surface area contributed by atoms with Crippen molar-refractivity contribution in [2.75, 3.05) is 17.1 Å². The molecule has 0 heterocycles. The number of nitrogens with zero attached hydrogens (tertiary/aromatic N) is 2. The molecule has 0 aromatic heterocycles. The van der Waals surface area contributed by atoms with Crippen LogP contribution in [0.4, 0.5) is 5.69 Å². The fourth-order valence-corrected chi connectivity index (χ4v) is 5.10. The predicted molar refractivity (Wildman–Crippen MR) is 153 cm³/mol. The number of carbonyl (C=O) groups excluding carboxylic acids is 2. The van der Waals surface area contributed by atoms with Crippen LogP contribution >= 0.6 is 11.6 Å². The number of amides is 2. The Morgan fingerprint density at radius 1 is 0.921 bits per heavy atom. The monoisotopic (exact) mass is 555 g/mol. The summed E-state index contributed by atoms with van der Waals surface area (Å²) < 4.78 is 26.6. The third kappa shape index (κ3) is 8.33. The van der Waals surface area contributed by atoms with Gasteiger partial charge in [0, 0.05) is 24.0 Å². The average Bonchev–Trinajstić information content (AvgIpc) is 2.85. The SMILES string of the molecule is Cc1ccc(CN(C(=O)CN(c2cccc(Cl)c2)S(C)(=O)=O)[C@@H](Cc2ccccc2)C(=O)NC(C)C)cc1. The molecule has 3 rings (SSSR count). The van der Waals surface area contributed by atoms with Crippen molar-refractivity contribution in [1.82, 2.24) is 10.2 Å². The van der Waals surface area contributed by atoms with Crippen LogP contribution in [0.25, 0.3) is 0 Å². The van der Waals surface area contributed by atoms with Crippen LogP contribution < -0.4 is 9.62 Å². The number of halogens is 1. The average molecular weight is 556 g/mol. The van der Waals surface area contributed by atoms with Crippen molar-refractivity contribution in [3.05, 3.63) is 101 Å². The summed E-state index contributed by atoms with van der Waals surface area (Å²) in [5.74, 6) is -0.811. The molecule has 7 nitrogen and oxygen atoms in total. The molecule has 0 saturated carbocycles. The first kappa shape index (κ1) is 29.2.